The maximum atomic E-state index is 12.4. The Labute approximate surface area is 81.6 Å². The van der Waals surface area contributed by atoms with Gasteiger partial charge in [0.2, 0.25) is 5.92 Å². The van der Waals surface area contributed by atoms with Crippen LogP contribution in [-0.4, -0.2) is 24.5 Å². The third kappa shape index (κ3) is 2.90. The van der Waals surface area contributed by atoms with Crippen LogP contribution in [0.15, 0.2) is 0 Å². The van der Waals surface area contributed by atoms with E-state index in [4.69, 9.17) is 5.73 Å². The average Bonchev–Trinajstić information content (AvgIpc) is 2.01. The molecule has 14 heavy (non-hydrogen) atoms. The van der Waals surface area contributed by atoms with Crippen LogP contribution >= 0.6 is 0 Å². The maximum absolute atomic E-state index is 12.4. The molecule has 0 aromatic carbocycles. The second-order valence-corrected chi connectivity index (χ2v) is 3.72. The minimum Gasteiger partial charge on any atom is -0.465 e. The quantitative estimate of drug-likeness (QED) is 0.707. The van der Waals surface area contributed by atoms with Crippen molar-refractivity contribution in [2.45, 2.75) is 38.2 Å². The van der Waals surface area contributed by atoms with Gasteiger partial charge in [0.05, 0.1) is 6.61 Å². The second kappa shape index (κ2) is 4.21. The molecule has 1 aliphatic carbocycles. The Bertz CT molecular complexity index is 213. The first-order valence-electron chi connectivity index (χ1n) is 4.74. The summed E-state index contributed by atoms with van der Waals surface area (Å²) in [6, 6.07) is -0.754. The number of halogens is 2. The van der Waals surface area contributed by atoms with E-state index in [1.807, 2.05) is 0 Å². The van der Waals surface area contributed by atoms with Crippen LogP contribution < -0.4 is 5.73 Å². The summed E-state index contributed by atoms with van der Waals surface area (Å²) in [5.41, 5.74) is 5.48. The fraction of sp³-hybridized carbons (Fsp3) is 0.889. The molecule has 0 amide bonds. The Morgan fingerprint density at radius 3 is 2.64 bits per heavy atom. The summed E-state index contributed by atoms with van der Waals surface area (Å²) in [6.07, 6.45) is -0.00532. The molecule has 0 aliphatic heterocycles. The molecule has 1 aliphatic rings. The number of carbonyl (C=O) groups excluding carboxylic acids is 1. The van der Waals surface area contributed by atoms with Crippen molar-refractivity contribution < 1.29 is 18.3 Å². The molecule has 0 bridgehead atoms. The lowest BCUT2D eigenvalue weighted by Gasteiger charge is -2.35. The first-order valence-corrected chi connectivity index (χ1v) is 4.74. The first kappa shape index (κ1) is 11.4. The van der Waals surface area contributed by atoms with Crippen molar-refractivity contribution in [1.82, 2.24) is 0 Å². The molecule has 1 atom stereocenters. The van der Waals surface area contributed by atoms with Gasteiger partial charge in [-0.3, -0.25) is 4.79 Å². The molecule has 2 N–H and O–H groups in total. The van der Waals surface area contributed by atoms with E-state index in [0.717, 1.165) is 0 Å². The van der Waals surface area contributed by atoms with Gasteiger partial charge in [-0.25, -0.2) is 8.78 Å². The third-order valence-corrected chi connectivity index (χ3v) is 2.35. The van der Waals surface area contributed by atoms with Crippen LogP contribution in [0, 0.1) is 5.92 Å². The van der Waals surface area contributed by atoms with Crippen LogP contribution in [0.2, 0.25) is 0 Å². The predicted octanol–water partition coefficient (Wildman–Crippen LogP) is 1.31. The highest BCUT2D eigenvalue weighted by Gasteiger charge is 2.45. The zero-order valence-corrected chi connectivity index (χ0v) is 8.13. The molecule has 1 rings (SSSR count). The molecular formula is C9H15F2NO2. The molecule has 0 spiro atoms. The molecule has 3 nitrogen and oxygen atoms in total. The van der Waals surface area contributed by atoms with Crippen LogP contribution in [0.1, 0.15) is 26.2 Å². The topological polar surface area (TPSA) is 52.3 Å². The maximum Gasteiger partial charge on any atom is 0.322 e. The lowest BCUT2D eigenvalue weighted by molar-refractivity contribution is -0.148. The van der Waals surface area contributed by atoms with E-state index < -0.39 is 17.9 Å². The molecule has 82 valence electrons. The second-order valence-electron chi connectivity index (χ2n) is 3.72. The van der Waals surface area contributed by atoms with Crippen molar-refractivity contribution in [2.75, 3.05) is 6.61 Å². The Kier molecular flexibility index (Phi) is 3.42. The summed E-state index contributed by atoms with van der Waals surface area (Å²) in [5, 5.41) is 0. The minimum absolute atomic E-state index is 0.135. The van der Waals surface area contributed by atoms with Gasteiger partial charge in [0.25, 0.3) is 0 Å². The van der Waals surface area contributed by atoms with E-state index in [9.17, 15) is 13.6 Å². The van der Waals surface area contributed by atoms with Crippen molar-refractivity contribution in [1.29, 1.82) is 0 Å². The van der Waals surface area contributed by atoms with E-state index in [1.165, 1.54) is 0 Å². The molecule has 0 heterocycles. The number of nitrogens with two attached hydrogens (primary N) is 1. The number of alkyl halides is 2. The lowest BCUT2D eigenvalue weighted by atomic mass is 9.77. The zero-order chi connectivity index (χ0) is 10.8. The summed E-state index contributed by atoms with van der Waals surface area (Å²) in [4.78, 5) is 11.0. The van der Waals surface area contributed by atoms with Gasteiger partial charge in [-0.15, -0.1) is 0 Å². The Hall–Kier alpha value is -0.710. The fourth-order valence-corrected chi connectivity index (χ4v) is 1.66. The molecular weight excluding hydrogens is 192 g/mol. The van der Waals surface area contributed by atoms with Gasteiger partial charge in [-0.05, 0) is 19.3 Å². The Balaban J connectivity index is 2.22. The van der Waals surface area contributed by atoms with Crippen molar-refractivity contribution in [2.24, 2.45) is 11.7 Å². The normalized spacial score (nSPS) is 22.6. The molecule has 0 aromatic rings. The predicted molar refractivity (Wildman–Crippen MR) is 46.9 cm³/mol. The molecule has 1 saturated carbocycles. The lowest BCUT2D eigenvalue weighted by Crippen LogP contribution is -2.42. The average molecular weight is 207 g/mol. The SMILES string of the molecule is CCOC(=O)C(N)CC1CC(F)(F)C1. The van der Waals surface area contributed by atoms with Crippen LogP contribution in [0.25, 0.3) is 0 Å². The number of hydrogen-bond acceptors (Lipinski definition) is 3. The summed E-state index contributed by atoms with van der Waals surface area (Å²) in [5.74, 6) is -3.17. The van der Waals surface area contributed by atoms with Gasteiger partial charge in [0.15, 0.2) is 0 Å². The highest BCUT2D eigenvalue weighted by atomic mass is 19.3. The number of rotatable bonds is 4. The summed E-state index contributed by atoms with van der Waals surface area (Å²) < 4.78 is 29.5. The minimum atomic E-state index is -2.54. The molecule has 0 aromatic heterocycles. The van der Waals surface area contributed by atoms with Crippen LogP contribution in [-0.2, 0) is 9.53 Å². The molecule has 1 unspecified atom stereocenters. The van der Waals surface area contributed by atoms with Gasteiger partial charge >= 0.3 is 5.97 Å². The van der Waals surface area contributed by atoms with Gasteiger partial charge in [0, 0.05) is 12.8 Å². The molecule has 0 radical (unpaired) electrons. The van der Waals surface area contributed by atoms with E-state index in [2.05, 4.69) is 4.74 Å². The highest BCUT2D eigenvalue weighted by molar-refractivity contribution is 5.75. The van der Waals surface area contributed by atoms with Gasteiger partial charge in [-0.1, -0.05) is 0 Å². The Morgan fingerprint density at radius 2 is 2.21 bits per heavy atom. The van der Waals surface area contributed by atoms with Crippen molar-refractivity contribution in [3.8, 4) is 0 Å². The van der Waals surface area contributed by atoms with Crippen LogP contribution in [0.3, 0.4) is 0 Å². The fourth-order valence-electron chi connectivity index (χ4n) is 1.66. The standard InChI is InChI=1S/C9H15F2NO2/c1-2-14-8(13)7(12)3-6-4-9(10,11)5-6/h6-7H,2-5,12H2,1H3. The van der Waals surface area contributed by atoms with Crippen LogP contribution in [0.4, 0.5) is 8.78 Å². The van der Waals surface area contributed by atoms with E-state index in [1.54, 1.807) is 6.92 Å². The first-order chi connectivity index (χ1) is 6.44. The molecule has 0 saturated heterocycles. The number of esters is 1. The molecule has 5 heteroatoms. The van der Waals surface area contributed by atoms with Crippen LogP contribution in [0.5, 0.6) is 0 Å². The van der Waals surface area contributed by atoms with Gasteiger partial charge in [0.1, 0.15) is 6.04 Å². The van der Waals surface area contributed by atoms with E-state index in [0.29, 0.717) is 6.42 Å². The summed E-state index contributed by atoms with van der Waals surface area (Å²) in [7, 11) is 0. The summed E-state index contributed by atoms with van der Waals surface area (Å²) in [6.45, 7) is 1.95. The van der Waals surface area contributed by atoms with Gasteiger partial charge in [-0.2, -0.15) is 0 Å². The summed E-state index contributed by atoms with van der Waals surface area (Å²) >= 11 is 0. The largest absolute Gasteiger partial charge is 0.465 e. The number of ether oxygens (including phenoxy) is 1. The van der Waals surface area contributed by atoms with Crippen molar-refractivity contribution in [3.05, 3.63) is 0 Å². The Morgan fingerprint density at radius 1 is 1.64 bits per heavy atom. The zero-order valence-electron chi connectivity index (χ0n) is 8.13. The van der Waals surface area contributed by atoms with E-state index in [-0.39, 0.29) is 25.4 Å². The van der Waals surface area contributed by atoms with Crippen molar-refractivity contribution in [3.63, 3.8) is 0 Å². The van der Waals surface area contributed by atoms with Gasteiger partial charge < -0.3 is 10.5 Å². The molecule has 1 fully saturated rings. The smallest absolute Gasteiger partial charge is 0.322 e. The van der Waals surface area contributed by atoms with E-state index >= 15 is 0 Å². The monoisotopic (exact) mass is 207 g/mol. The third-order valence-electron chi connectivity index (χ3n) is 2.35. The number of hydrogen-bond donors (Lipinski definition) is 1. The van der Waals surface area contributed by atoms with Crippen molar-refractivity contribution >= 4 is 5.97 Å². The number of carbonyl (C=O) groups is 1. The highest BCUT2D eigenvalue weighted by Crippen LogP contribution is 2.44.